The van der Waals surface area contributed by atoms with Gasteiger partial charge in [-0.15, -0.1) is 0 Å². The molecule has 0 atom stereocenters. The molecule has 0 bridgehead atoms. The van der Waals surface area contributed by atoms with Crippen molar-refractivity contribution in [2.75, 3.05) is 5.32 Å². The van der Waals surface area contributed by atoms with Gasteiger partial charge in [0.1, 0.15) is 0 Å². The summed E-state index contributed by atoms with van der Waals surface area (Å²) in [5.41, 5.74) is 4.20. The number of amides is 1. The minimum Gasteiger partial charge on any atom is -0.305 e. The van der Waals surface area contributed by atoms with Crippen molar-refractivity contribution in [3.05, 3.63) is 28.2 Å². The fourth-order valence-electron chi connectivity index (χ4n) is 2.17. The molecule has 6 heteroatoms. The molecule has 0 aromatic carbocycles. The lowest BCUT2D eigenvalue weighted by Gasteiger charge is -2.04. The molecule has 1 amide bonds. The number of carbonyl (C=O) groups excluding carboxylic acids is 1. The Bertz CT molecular complexity index is 623. The molecule has 2 aromatic heterocycles. The summed E-state index contributed by atoms with van der Waals surface area (Å²) in [6.07, 6.45) is 0.861. The van der Waals surface area contributed by atoms with Gasteiger partial charge in [0, 0.05) is 24.0 Å². The van der Waals surface area contributed by atoms with E-state index in [1.165, 1.54) is 0 Å². The van der Waals surface area contributed by atoms with Crippen molar-refractivity contribution in [3.8, 4) is 0 Å². The van der Waals surface area contributed by atoms with E-state index >= 15 is 0 Å². The fourth-order valence-corrected chi connectivity index (χ4v) is 2.17. The van der Waals surface area contributed by atoms with Crippen LogP contribution in [0.5, 0.6) is 0 Å². The van der Waals surface area contributed by atoms with Crippen molar-refractivity contribution in [2.45, 2.75) is 34.1 Å². The maximum absolute atomic E-state index is 12.3. The molecule has 0 radical (unpaired) electrons. The quantitative estimate of drug-likeness (QED) is 0.885. The molecule has 6 nitrogen and oxygen atoms in total. The van der Waals surface area contributed by atoms with Crippen molar-refractivity contribution >= 4 is 11.7 Å². The number of aryl methyl sites for hydroxylation is 3. The third-order valence-electron chi connectivity index (χ3n) is 3.43. The molecule has 102 valence electrons. The second-order valence-corrected chi connectivity index (χ2v) is 4.65. The number of hydrogen-bond acceptors (Lipinski definition) is 3. The number of carbonyl (C=O) groups is 1. The van der Waals surface area contributed by atoms with E-state index in [9.17, 15) is 4.79 Å². The Hall–Kier alpha value is -2.11. The summed E-state index contributed by atoms with van der Waals surface area (Å²) in [4.78, 5) is 12.3. The number of aromatic amines is 1. The van der Waals surface area contributed by atoms with Gasteiger partial charge in [-0.25, -0.2) is 0 Å². The zero-order valence-corrected chi connectivity index (χ0v) is 12.0. The molecule has 2 heterocycles. The summed E-state index contributed by atoms with van der Waals surface area (Å²) < 4.78 is 1.71. The van der Waals surface area contributed by atoms with Crippen molar-refractivity contribution in [1.82, 2.24) is 20.0 Å². The Morgan fingerprint density at radius 1 is 1.37 bits per heavy atom. The van der Waals surface area contributed by atoms with Crippen LogP contribution in [0, 0.1) is 20.8 Å². The van der Waals surface area contributed by atoms with Crippen LogP contribution in [0.15, 0.2) is 0 Å². The van der Waals surface area contributed by atoms with Crippen LogP contribution in [0.4, 0.5) is 5.82 Å². The van der Waals surface area contributed by atoms with Crippen molar-refractivity contribution in [3.63, 3.8) is 0 Å². The van der Waals surface area contributed by atoms with Gasteiger partial charge in [-0.3, -0.25) is 14.6 Å². The highest BCUT2D eigenvalue weighted by molar-refractivity contribution is 6.05. The van der Waals surface area contributed by atoms with E-state index in [4.69, 9.17) is 0 Å². The van der Waals surface area contributed by atoms with E-state index in [2.05, 4.69) is 20.6 Å². The number of nitrogens with zero attached hydrogens (tertiary/aromatic N) is 3. The molecule has 0 saturated carbocycles. The Kier molecular flexibility index (Phi) is 3.42. The van der Waals surface area contributed by atoms with Crippen LogP contribution in [0.2, 0.25) is 0 Å². The average Bonchev–Trinajstić information content (AvgIpc) is 2.81. The van der Waals surface area contributed by atoms with E-state index < -0.39 is 0 Å². The molecular formula is C13H19N5O. The van der Waals surface area contributed by atoms with Gasteiger partial charge in [0.15, 0.2) is 5.82 Å². The lowest BCUT2D eigenvalue weighted by atomic mass is 10.1. The average molecular weight is 261 g/mol. The van der Waals surface area contributed by atoms with Crippen molar-refractivity contribution in [1.29, 1.82) is 0 Å². The van der Waals surface area contributed by atoms with Gasteiger partial charge in [0.25, 0.3) is 5.91 Å². The lowest BCUT2D eigenvalue weighted by molar-refractivity contribution is 0.102. The van der Waals surface area contributed by atoms with Gasteiger partial charge >= 0.3 is 0 Å². The van der Waals surface area contributed by atoms with Gasteiger partial charge in [0.2, 0.25) is 0 Å². The molecule has 2 N–H and O–H groups in total. The van der Waals surface area contributed by atoms with E-state index in [0.29, 0.717) is 11.4 Å². The Morgan fingerprint density at radius 2 is 2.05 bits per heavy atom. The zero-order valence-electron chi connectivity index (χ0n) is 12.0. The zero-order chi connectivity index (χ0) is 14.2. The normalized spacial score (nSPS) is 10.8. The molecule has 0 spiro atoms. The summed E-state index contributed by atoms with van der Waals surface area (Å²) in [5.74, 6) is 0.421. The van der Waals surface area contributed by atoms with E-state index in [1.54, 1.807) is 4.68 Å². The predicted octanol–water partition coefficient (Wildman–Crippen LogP) is 1.88. The molecular weight excluding hydrogens is 242 g/mol. The first-order valence-corrected chi connectivity index (χ1v) is 6.31. The van der Waals surface area contributed by atoms with Crippen LogP contribution in [0.25, 0.3) is 0 Å². The first-order chi connectivity index (χ1) is 8.95. The Balaban J connectivity index is 2.28. The lowest BCUT2D eigenvalue weighted by Crippen LogP contribution is -2.15. The summed E-state index contributed by atoms with van der Waals surface area (Å²) in [6, 6.07) is 0. The van der Waals surface area contributed by atoms with Gasteiger partial charge in [-0.05, 0) is 27.2 Å². The highest BCUT2D eigenvalue weighted by Gasteiger charge is 2.19. The number of hydrogen-bond donors (Lipinski definition) is 2. The Labute approximate surface area is 112 Å². The highest BCUT2D eigenvalue weighted by atomic mass is 16.1. The van der Waals surface area contributed by atoms with Gasteiger partial charge < -0.3 is 5.32 Å². The summed E-state index contributed by atoms with van der Waals surface area (Å²) in [5, 5.41) is 14.1. The van der Waals surface area contributed by atoms with Gasteiger partial charge in [-0.1, -0.05) is 6.92 Å². The molecule has 0 unspecified atom stereocenters. The SMILES string of the molecule is CCc1[nH]nc(NC(=O)c2c(C)nn(C)c2C)c1C. The van der Waals surface area contributed by atoms with Crippen molar-refractivity contribution < 1.29 is 4.79 Å². The highest BCUT2D eigenvalue weighted by Crippen LogP contribution is 2.18. The topological polar surface area (TPSA) is 75.6 Å². The summed E-state index contributed by atoms with van der Waals surface area (Å²) >= 11 is 0. The van der Waals surface area contributed by atoms with Crippen LogP contribution in [0.1, 0.15) is 39.9 Å². The first kappa shape index (κ1) is 13.3. The maximum atomic E-state index is 12.3. The molecule has 0 aliphatic heterocycles. The molecule has 2 aromatic rings. The second-order valence-electron chi connectivity index (χ2n) is 4.65. The summed E-state index contributed by atoms with van der Waals surface area (Å²) in [6.45, 7) is 7.70. The minimum absolute atomic E-state index is 0.166. The van der Waals surface area contributed by atoms with Crippen LogP contribution in [-0.2, 0) is 13.5 Å². The number of aromatic nitrogens is 4. The molecule has 0 aliphatic rings. The third-order valence-corrected chi connectivity index (χ3v) is 3.43. The van der Waals surface area contributed by atoms with Gasteiger partial charge in [0.05, 0.1) is 11.3 Å². The van der Waals surface area contributed by atoms with Crippen molar-refractivity contribution in [2.24, 2.45) is 7.05 Å². The monoisotopic (exact) mass is 261 g/mol. The van der Waals surface area contributed by atoms with Crippen LogP contribution < -0.4 is 5.32 Å². The number of H-pyrrole nitrogens is 1. The molecule has 19 heavy (non-hydrogen) atoms. The van der Waals surface area contributed by atoms with Crippen LogP contribution >= 0.6 is 0 Å². The standard InChI is InChI=1S/C13H19N5O/c1-6-10-7(2)12(16-15-10)14-13(19)11-8(3)17-18(5)9(11)4/h6H2,1-5H3,(H2,14,15,16,19). The summed E-state index contributed by atoms with van der Waals surface area (Å²) in [7, 11) is 1.83. The van der Waals surface area contributed by atoms with E-state index in [0.717, 1.165) is 29.1 Å². The number of anilines is 1. The Morgan fingerprint density at radius 3 is 2.53 bits per heavy atom. The van der Waals surface area contributed by atoms with Crippen LogP contribution in [-0.4, -0.2) is 25.9 Å². The largest absolute Gasteiger partial charge is 0.305 e. The molecule has 0 saturated heterocycles. The maximum Gasteiger partial charge on any atom is 0.260 e. The smallest absolute Gasteiger partial charge is 0.260 e. The van der Waals surface area contributed by atoms with Crippen LogP contribution in [0.3, 0.4) is 0 Å². The van der Waals surface area contributed by atoms with E-state index in [1.807, 2.05) is 34.7 Å². The first-order valence-electron chi connectivity index (χ1n) is 6.31. The number of rotatable bonds is 3. The number of nitrogens with one attached hydrogen (secondary N) is 2. The molecule has 0 fully saturated rings. The van der Waals surface area contributed by atoms with Gasteiger partial charge in [-0.2, -0.15) is 10.2 Å². The molecule has 0 aliphatic carbocycles. The third kappa shape index (κ3) is 2.25. The minimum atomic E-state index is -0.166. The predicted molar refractivity (Wildman–Crippen MR) is 73.3 cm³/mol. The molecule has 2 rings (SSSR count). The van der Waals surface area contributed by atoms with E-state index in [-0.39, 0.29) is 5.91 Å². The fraction of sp³-hybridized carbons (Fsp3) is 0.462. The second kappa shape index (κ2) is 4.87.